The van der Waals surface area contributed by atoms with Gasteiger partial charge < -0.3 is 29.3 Å². The van der Waals surface area contributed by atoms with Crippen LogP contribution in [0.3, 0.4) is 0 Å². The van der Waals surface area contributed by atoms with Crippen molar-refractivity contribution in [3.05, 3.63) is 117 Å². The Morgan fingerprint density at radius 2 is 1.85 bits per heavy atom. The van der Waals surface area contributed by atoms with E-state index in [0.29, 0.717) is 35.4 Å². The number of benzene rings is 2. The molecule has 3 saturated heterocycles. The average Bonchev–Trinajstić information content (AvgIpc) is 3.16. The Morgan fingerprint density at radius 3 is 2.50 bits per heavy atom. The van der Waals surface area contributed by atoms with E-state index < -0.39 is 28.9 Å². The second-order valence-electron chi connectivity index (χ2n) is 13.1. The molecule has 0 radical (unpaired) electrons. The molecule has 0 aliphatic carbocycles. The topological polar surface area (TPSA) is 165 Å². The number of rotatable bonds is 12. The highest BCUT2D eigenvalue weighted by molar-refractivity contribution is 5.99. The number of carbonyl (C=O) groups excluding carboxylic acids is 1. The lowest BCUT2D eigenvalue weighted by atomic mass is 9.73. The smallest absolute Gasteiger partial charge is 0.336 e. The van der Waals surface area contributed by atoms with Gasteiger partial charge >= 0.3 is 11.9 Å². The highest BCUT2D eigenvalue weighted by atomic mass is 16.6. The predicted molar refractivity (Wildman–Crippen MR) is 194 cm³/mol. The Balaban J connectivity index is 0.000000209. The average molecular weight is 715 g/mol. The molecule has 5 heterocycles. The highest BCUT2D eigenvalue weighted by Gasteiger charge is 2.43. The summed E-state index contributed by atoms with van der Waals surface area (Å²) in [7, 11) is 2.72. The van der Waals surface area contributed by atoms with Crippen LogP contribution in [0.15, 0.2) is 96.0 Å². The van der Waals surface area contributed by atoms with Crippen LogP contribution in [0.1, 0.15) is 49.8 Å². The number of allylic oxidation sites excluding steroid dienone is 2. The molecule has 2 bridgehead atoms. The van der Waals surface area contributed by atoms with Crippen LogP contribution in [-0.2, 0) is 23.8 Å². The molecule has 3 fully saturated rings. The molecular formula is C39H46N4O9. The number of nitro groups is 1. The number of nitrogens with zero attached hydrogens (tertiary/aromatic N) is 4. The number of aliphatic hydroxyl groups is 1. The standard InChI is InChI=1S/C20H24N2O8.C19H22N2O/c1-12-16(19(23)24)18(14-6-5-7-15(10-14)22(26)27)17(20(25)29-4)13(2)21(12)11-30-9-8-28-3;1-2-13-12-21-10-8-14(13)11-18(21)19(22)16-7-9-20-17-6-4-3-5-15(16)17/h5-7,10,18H,8-9,11H2,1-4H3,(H,23,24);2-7,9,13-14,18-19,22H,1,8,10-12H2/t;13-,14+,18+,19-/m.1/s1. The molecule has 4 aliphatic rings. The summed E-state index contributed by atoms with van der Waals surface area (Å²) in [5.74, 6) is -1.75. The first-order valence-electron chi connectivity index (χ1n) is 17.2. The van der Waals surface area contributed by atoms with E-state index in [1.54, 1.807) is 24.8 Å². The van der Waals surface area contributed by atoms with Crippen LogP contribution in [0.4, 0.5) is 5.69 Å². The largest absolute Gasteiger partial charge is 0.478 e. The number of carboxylic acid groups (broad SMARTS) is 1. The number of hydrogen-bond donors (Lipinski definition) is 2. The van der Waals surface area contributed by atoms with Crippen molar-refractivity contribution in [2.75, 3.05) is 47.3 Å². The normalized spacial score (nSPS) is 23.2. The number of ether oxygens (including phenoxy) is 3. The maximum absolute atomic E-state index is 12.7. The Kier molecular flexibility index (Phi) is 12.5. The van der Waals surface area contributed by atoms with Gasteiger partial charge in [-0.15, -0.1) is 6.58 Å². The van der Waals surface area contributed by atoms with E-state index >= 15 is 0 Å². The van der Waals surface area contributed by atoms with Gasteiger partial charge in [-0.05, 0) is 68.3 Å². The Hall–Kier alpha value is -4.95. The second kappa shape index (κ2) is 17.0. The van der Waals surface area contributed by atoms with Gasteiger partial charge in [0.25, 0.3) is 5.69 Å². The fraction of sp³-hybridized carbons (Fsp3) is 0.410. The zero-order chi connectivity index (χ0) is 37.5. The van der Waals surface area contributed by atoms with Gasteiger partial charge in [-0.3, -0.25) is 20.0 Å². The number of aliphatic carboxylic acids is 1. The van der Waals surface area contributed by atoms with Crippen molar-refractivity contribution < 1.29 is 38.9 Å². The number of para-hydroxylation sites is 1. The first-order chi connectivity index (χ1) is 25.0. The van der Waals surface area contributed by atoms with Gasteiger partial charge in [-0.2, -0.15) is 0 Å². The van der Waals surface area contributed by atoms with E-state index in [2.05, 4.69) is 28.6 Å². The lowest BCUT2D eigenvalue weighted by molar-refractivity contribution is -0.384. The minimum Gasteiger partial charge on any atom is -0.478 e. The van der Waals surface area contributed by atoms with Crippen LogP contribution >= 0.6 is 0 Å². The Bertz CT molecular complexity index is 1870. The van der Waals surface area contributed by atoms with Gasteiger partial charge in [0.1, 0.15) is 6.73 Å². The van der Waals surface area contributed by atoms with Gasteiger partial charge in [0.15, 0.2) is 0 Å². The number of carboxylic acids is 1. The first kappa shape index (κ1) is 38.3. The fourth-order valence-electron chi connectivity index (χ4n) is 7.69. The number of piperidine rings is 3. The maximum atomic E-state index is 12.7. The maximum Gasteiger partial charge on any atom is 0.336 e. The Morgan fingerprint density at radius 1 is 1.10 bits per heavy atom. The quantitative estimate of drug-likeness (QED) is 0.0788. The molecule has 0 spiro atoms. The van der Waals surface area contributed by atoms with E-state index in [-0.39, 0.29) is 36.2 Å². The molecular weight excluding hydrogens is 668 g/mol. The molecule has 2 N–H and O–H groups in total. The zero-order valence-corrected chi connectivity index (χ0v) is 29.9. The van der Waals surface area contributed by atoms with Crippen LogP contribution in [0.5, 0.6) is 0 Å². The molecule has 4 aliphatic heterocycles. The van der Waals surface area contributed by atoms with Crippen LogP contribution in [-0.4, -0.2) is 95.2 Å². The summed E-state index contributed by atoms with van der Waals surface area (Å²) in [5, 5.41) is 33.3. The summed E-state index contributed by atoms with van der Waals surface area (Å²) in [6, 6.07) is 15.8. The molecule has 0 amide bonds. The number of aromatic nitrogens is 1. The number of non-ortho nitro benzene ring substituents is 1. The number of aliphatic hydroxyl groups excluding tert-OH is 1. The molecule has 276 valence electrons. The second-order valence-corrected chi connectivity index (χ2v) is 13.1. The summed E-state index contributed by atoms with van der Waals surface area (Å²) in [6.07, 6.45) is 5.76. The van der Waals surface area contributed by atoms with E-state index in [9.17, 15) is 29.9 Å². The highest BCUT2D eigenvalue weighted by Crippen LogP contribution is 2.44. The summed E-state index contributed by atoms with van der Waals surface area (Å²) >= 11 is 0. The summed E-state index contributed by atoms with van der Waals surface area (Å²) < 4.78 is 15.4. The minimum absolute atomic E-state index is 0.0000413. The zero-order valence-electron chi connectivity index (χ0n) is 29.9. The lowest BCUT2D eigenvalue weighted by Gasteiger charge is -2.50. The molecule has 13 nitrogen and oxygen atoms in total. The number of hydrogen-bond acceptors (Lipinski definition) is 11. The van der Waals surface area contributed by atoms with Crippen molar-refractivity contribution in [1.29, 1.82) is 0 Å². The predicted octanol–water partition coefficient (Wildman–Crippen LogP) is 5.58. The van der Waals surface area contributed by atoms with E-state index in [4.69, 9.17) is 14.2 Å². The summed E-state index contributed by atoms with van der Waals surface area (Å²) in [5.41, 5.74) is 2.87. The molecule has 7 rings (SSSR count). The van der Waals surface area contributed by atoms with Gasteiger partial charge in [-0.1, -0.05) is 36.4 Å². The number of esters is 1. The molecule has 2 aromatic carbocycles. The monoisotopic (exact) mass is 714 g/mol. The summed E-state index contributed by atoms with van der Waals surface area (Å²) in [4.78, 5) is 43.9. The van der Waals surface area contributed by atoms with Crippen LogP contribution in [0, 0.1) is 22.0 Å². The van der Waals surface area contributed by atoms with Crippen molar-refractivity contribution in [2.24, 2.45) is 11.8 Å². The Labute approximate surface area is 302 Å². The third-order valence-corrected chi connectivity index (χ3v) is 10.4. The van der Waals surface area contributed by atoms with Gasteiger partial charge in [0.05, 0.1) is 53.9 Å². The number of nitro benzene ring substituents is 1. The summed E-state index contributed by atoms with van der Waals surface area (Å²) in [6.45, 7) is 9.99. The molecule has 3 aromatic rings. The number of carbonyl (C=O) groups is 2. The SMILES string of the molecule is C=C[C@@H]1CN2CC[C@H]1C[C@H]2[C@H](O)c1ccnc2ccccc12.COCCOCN1C(C)=C(C(=O)O)C(c2cccc([N+](=O)[O-])c2)C(C(=O)OC)=C1C. The molecule has 13 heteroatoms. The van der Waals surface area contributed by atoms with E-state index in [1.807, 2.05) is 30.5 Å². The van der Waals surface area contributed by atoms with Crippen LogP contribution < -0.4 is 0 Å². The number of pyridine rings is 1. The van der Waals surface area contributed by atoms with Gasteiger partial charge in [0.2, 0.25) is 0 Å². The third kappa shape index (κ3) is 7.92. The van der Waals surface area contributed by atoms with Crippen molar-refractivity contribution in [3.8, 4) is 0 Å². The van der Waals surface area contributed by atoms with Crippen molar-refractivity contribution in [3.63, 3.8) is 0 Å². The third-order valence-electron chi connectivity index (χ3n) is 10.4. The van der Waals surface area contributed by atoms with Crippen molar-refractivity contribution in [1.82, 2.24) is 14.8 Å². The first-order valence-corrected chi connectivity index (χ1v) is 17.2. The number of fused-ring (bicyclic) bond motifs is 4. The fourth-order valence-corrected chi connectivity index (χ4v) is 7.69. The molecule has 2 unspecified atom stereocenters. The molecule has 6 atom stereocenters. The lowest BCUT2D eigenvalue weighted by Crippen LogP contribution is -2.54. The molecule has 52 heavy (non-hydrogen) atoms. The molecule has 0 saturated carbocycles. The van der Waals surface area contributed by atoms with Crippen molar-refractivity contribution in [2.45, 2.75) is 44.8 Å². The number of methoxy groups -OCH3 is 2. The van der Waals surface area contributed by atoms with Gasteiger partial charge in [-0.25, -0.2) is 9.59 Å². The van der Waals surface area contributed by atoms with Gasteiger partial charge in [0, 0.05) is 54.8 Å². The molecule has 1 aromatic heterocycles. The van der Waals surface area contributed by atoms with Crippen molar-refractivity contribution >= 4 is 28.5 Å². The van der Waals surface area contributed by atoms with Crippen LogP contribution in [0.2, 0.25) is 0 Å². The van der Waals surface area contributed by atoms with Crippen LogP contribution in [0.25, 0.3) is 10.9 Å². The van der Waals surface area contributed by atoms with E-state index in [0.717, 1.165) is 36.0 Å². The minimum atomic E-state index is -1.25. The van der Waals surface area contributed by atoms with E-state index in [1.165, 1.54) is 38.8 Å².